The van der Waals surface area contributed by atoms with E-state index in [0.717, 1.165) is 21.2 Å². The summed E-state index contributed by atoms with van der Waals surface area (Å²) in [6.45, 7) is 0.779. The van der Waals surface area contributed by atoms with Gasteiger partial charge >= 0.3 is 0 Å². The maximum absolute atomic E-state index is 12.4. The van der Waals surface area contributed by atoms with E-state index in [1.807, 2.05) is 47.8 Å². The van der Waals surface area contributed by atoms with Gasteiger partial charge in [-0.05, 0) is 51.6 Å². The van der Waals surface area contributed by atoms with Crippen LogP contribution in [0.4, 0.5) is 0 Å². The predicted molar refractivity (Wildman–Crippen MR) is 131 cm³/mol. The summed E-state index contributed by atoms with van der Waals surface area (Å²) in [5, 5.41) is 16.5. The summed E-state index contributed by atoms with van der Waals surface area (Å²) in [4.78, 5) is 13.4. The normalized spacial score (nSPS) is 11.1. The fraction of sp³-hybridized carbons (Fsp3) is 0.111. The molecule has 4 aromatic rings. The van der Waals surface area contributed by atoms with E-state index in [1.165, 1.54) is 0 Å². The third-order valence-electron chi connectivity index (χ3n) is 5.13. The number of hydrogen-bond acceptors (Lipinski definition) is 5. The van der Waals surface area contributed by atoms with Crippen LogP contribution in [0.1, 0.15) is 16.0 Å². The molecule has 0 saturated heterocycles. The summed E-state index contributed by atoms with van der Waals surface area (Å²) >= 11 is 1.55. The van der Waals surface area contributed by atoms with Gasteiger partial charge in [0.05, 0.1) is 13.7 Å². The molecule has 0 radical (unpaired) electrons. The van der Waals surface area contributed by atoms with Gasteiger partial charge in [-0.25, -0.2) is 0 Å². The Hall–Kier alpha value is -4.08. The van der Waals surface area contributed by atoms with Gasteiger partial charge in [-0.15, -0.1) is 11.3 Å². The van der Waals surface area contributed by atoms with Gasteiger partial charge in [0.15, 0.2) is 11.5 Å². The molecule has 6 heteroatoms. The molecule has 1 aromatic heterocycles. The molecule has 5 nitrogen and oxygen atoms in total. The van der Waals surface area contributed by atoms with Crippen LogP contribution >= 0.6 is 11.3 Å². The number of ether oxygens (including phenoxy) is 2. The quantitative estimate of drug-likeness (QED) is 0.273. The van der Waals surface area contributed by atoms with Crippen molar-refractivity contribution in [3.8, 4) is 17.6 Å². The van der Waals surface area contributed by atoms with Crippen LogP contribution in [0.25, 0.3) is 16.8 Å². The highest BCUT2D eigenvalue weighted by molar-refractivity contribution is 7.09. The number of carbonyl (C=O) groups is 1. The average Bonchev–Trinajstić information content (AvgIpc) is 3.38. The van der Waals surface area contributed by atoms with Gasteiger partial charge in [0, 0.05) is 4.88 Å². The smallest absolute Gasteiger partial charge is 0.262 e. The first-order valence-electron chi connectivity index (χ1n) is 10.4. The number of fused-ring (bicyclic) bond motifs is 1. The van der Waals surface area contributed by atoms with Gasteiger partial charge in [-0.3, -0.25) is 4.79 Å². The molecule has 0 unspecified atom stereocenters. The van der Waals surface area contributed by atoms with Crippen LogP contribution in [0.3, 0.4) is 0 Å². The van der Waals surface area contributed by atoms with Gasteiger partial charge in [-0.1, -0.05) is 54.6 Å². The monoisotopic (exact) mass is 454 g/mol. The van der Waals surface area contributed by atoms with E-state index in [0.29, 0.717) is 30.2 Å². The Morgan fingerprint density at radius 3 is 2.70 bits per heavy atom. The standard InChI is InChI=1S/C27H22N2O3S/c1-31-26-15-19(14-22(16-28)27(30)29-17-23-9-5-13-33-23)11-12-25(26)32-18-21-8-4-7-20-6-2-3-10-24(20)21/h2-15H,17-18H2,1H3,(H,29,30)/b22-14+. The van der Waals surface area contributed by atoms with Crippen molar-refractivity contribution in [2.75, 3.05) is 7.11 Å². The summed E-state index contributed by atoms with van der Waals surface area (Å²) in [5.74, 6) is 0.699. The minimum atomic E-state index is -0.416. The van der Waals surface area contributed by atoms with Gasteiger partial charge in [0.1, 0.15) is 18.2 Å². The largest absolute Gasteiger partial charge is 0.493 e. The Balaban J connectivity index is 1.48. The second-order valence-electron chi connectivity index (χ2n) is 7.27. The van der Waals surface area contributed by atoms with Crippen LogP contribution in [0.5, 0.6) is 11.5 Å². The molecule has 0 aliphatic heterocycles. The van der Waals surface area contributed by atoms with Crippen molar-refractivity contribution in [2.45, 2.75) is 13.2 Å². The molecule has 0 bridgehead atoms. The number of nitrogens with one attached hydrogen (secondary N) is 1. The van der Waals surface area contributed by atoms with Crippen LogP contribution in [-0.4, -0.2) is 13.0 Å². The molecule has 0 atom stereocenters. The third kappa shape index (κ3) is 5.40. The first-order chi connectivity index (χ1) is 16.2. The van der Waals surface area contributed by atoms with Crippen molar-refractivity contribution in [1.82, 2.24) is 5.32 Å². The van der Waals surface area contributed by atoms with Crippen LogP contribution in [0, 0.1) is 11.3 Å². The molecule has 0 aliphatic rings. The molecule has 1 N–H and O–H groups in total. The minimum absolute atomic E-state index is 0.0260. The molecular weight excluding hydrogens is 432 g/mol. The highest BCUT2D eigenvalue weighted by atomic mass is 32.1. The Labute approximate surface area is 196 Å². The number of nitrogens with zero attached hydrogens (tertiary/aromatic N) is 1. The number of nitriles is 1. The number of amides is 1. The van der Waals surface area contributed by atoms with Crippen molar-refractivity contribution < 1.29 is 14.3 Å². The molecular formula is C27H22N2O3S. The summed E-state index contributed by atoms with van der Waals surface area (Å²) in [6, 6.07) is 25.5. The maximum Gasteiger partial charge on any atom is 0.262 e. The molecule has 3 aromatic carbocycles. The van der Waals surface area contributed by atoms with E-state index < -0.39 is 5.91 Å². The fourth-order valence-electron chi connectivity index (χ4n) is 3.46. The fourth-order valence-corrected chi connectivity index (χ4v) is 4.10. The van der Waals surface area contributed by atoms with Crippen molar-refractivity contribution in [1.29, 1.82) is 5.26 Å². The van der Waals surface area contributed by atoms with Gasteiger partial charge in [-0.2, -0.15) is 5.26 Å². The number of rotatable bonds is 8. The second kappa shape index (κ2) is 10.5. The lowest BCUT2D eigenvalue weighted by Crippen LogP contribution is -2.23. The van der Waals surface area contributed by atoms with Crippen molar-refractivity contribution in [3.63, 3.8) is 0 Å². The number of methoxy groups -OCH3 is 1. The number of thiophene rings is 1. The van der Waals surface area contributed by atoms with E-state index >= 15 is 0 Å². The maximum atomic E-state index is 12.4. The van der Waals surface area contributed by atoms with Crippen LogP contribution in [-0.2, 0) is 17.9 Å². The van der Waals surface area contributed by atoms with Crippen molar-refractivity contribution in [3.05, 3.63) is 99.8 Å². The molecule has 0 spiro atoms. The second-order valence-corrected chi connectivity index (χ2v) is 8.30. The van der Waals surface area contributed by atoms with Crippen molar-refractivity contribution >= 4 is 34.1 Å². The van der Waals surface area contributed by atoms with E-state index in [4.69, 9.17) is 9.47 Å². The predicted octanol–water partition coefficient (Wildman–Crippen LogP) is 5.71. The van der Waals surface area contributed by atoms with Gasteiger partial charge in [0.2, 0.25) is 0 Å². The van der Waals surface area contributed by atoms with Gasteiger partial charge in [0.25, 0.3) is 5.91 Å². The zero-order valence-corrected chi connectivity index (χ0v) is 18.9. The van der Waals surface area contributed by atoms with Gasteiger partial charge < -0.3 is 14.8 Å². The number of benzene rings is 3. The van der Waals surface area contributed by atoms with E-state index in [-0.39, 0.29) is 5.57 Å². The molecule has 0 fully saturated rings. The lowest BCUT2D eigenvalue weighted by molar-refractivity contribution is -0.117. The SMILES string of the molecule is COc1cc(/C=C(\C#N)C(=O)NCc2cccs2)ccc1OCc1cccc2ccccc12. The lowest BCUT2D eigenvalue weighted by Gasteiger charge is -2.13. The van der Waals surface area contributed by atoms with E-state index in [2.05, 4.69) is 23.5 Å². The van der Waals surface area contributed by atoms with Crippen LogP contribution in [0.2, 0.25) is 0 Å². The third-order valence-corrected chi connectivity index (χ3v) is 6.01. The Kier molecular flexibility index (Phi) is 7.03. The first kappa shape index (κ1) is 22.1. The van der Waals surface area contributed by atoms with E-state index in [1.54, 1.807) is 42.7 Å². The highest BCUT2D eigenvalue weighted by Gasteiger charge is 2.11. The Bertz CT molecular complexity index is 1330. The molecule has 33 heavy (non-hydrogen) atoms. The zero-order chi connectivity index (χ0) is 23.0. The summed E-state index contributed by atoms with van der Waals surface area (Å²) in [6.07, 6.45) is 1.54. The molecule has 0 saturated carbocycles. The summed E-state index contributed by atoms with van der Waals surface area (Å²) in [5.41, 5.74) is 1.78. The molecule has 164 valence electrons. The molecule has 4 rings (SSSR count). The zero-order valence-electron chi connectivity index (χ0n) is 18.1. The van der Waals surface area contributed by atoms with Crippen LogP contribution < -0.4 is 14.8 Å². The summed E-state index contributed by atoms with van der Waals surface area (Å²) in [7, 11) is 1.56. The van der Waals surface area contributed by atoms with E-state index in [9.17, 15) is 10.1 Å². The molecule has 1 heterocycles. The molecule has 0 aliphatic carbocycles. The molecule has 1 amide bonds. The first-order valence-corrected chi connectivity index (χ1v) is 11.3. The Morgan fingerprint density at radius 1 is 1.06 bits per heavy atom. The van der Waals surface area contributed by atoms with Crippen molar-refractivity contribution in [2.24, 2.45) is 0 Å². The number of hydrogen-bond donors (Lipinski definition) is 1. The van der Waals surface area contributed by atoms with Crippen LogP contribution in [0.15, 0.2) is 83.7 Å². The topological polar surface area (TPSA) is 71.3 Å². The Morgan fingerprint density at radius 2 is 1.91 bits per heavy atom. The summed E-state index contributed by atoms with van der Waals surface area (Å²) < 4.78 is 11.5. The lowest BCUT2D eigenvalue weighted by atomic mass is 10.1. The highest BCUT2D eigenvalue weighted by Crippen LogP contribution is 2.30. The number of carbonyl (C=O) groups excluding carboxylic acids is 1. The average molecular weight is 455 g/mol. The minimum Gasteiger partial charge on any atom is -0.493 e.